The van der Waals surface area contributed by atoms with Crippen LogP contribution in [0.5, 0.6) is 0 Å². The summed E-state index contributed by atoms with van der Waals surface area (Å²) in [5.41, 5.74) is 0. The molecule has 21 heavy (non-hydrogen) atoms. The molecule has 0 aromatic carbocycles. The van der Waals surface area contributed by atoms with Crippen molar-refractivity contribution >= 4 is 17.8 Å². The average Bonchev–Trinajstić information content (AvgIpc) is 2.55. The number of carbonyl (C=O) groups excluding carboxylic acids is 2. The number of rotatable bonds is 3. The van der Waals surface area contributed by atoms with Crippen molar-refractivity contribution in [2.24, 2.45) is 0 Å². The van der Waals surface area contributed by atoms with Crippen LogP contribution in [0.3, 0.4) is 0 Å². The fourth-order valence-corrected chi connectivity index (χ4v) is 2.32. The summed E-state index contributed by atoms with van der Waals surface area (Å²) in [6.07, 6.45) is 1.78. The third-order valence-electron chi connectivity index (χ3n) is 3.68. The lowest BCUT2D eigenvalue weighted by Gasteiger charge is -2.37. The highest BCUT2D eigenvalue weighted by atomic mass is 16.2. The SMILES string of the molecule is CNC(=O)NC(=O)[C@@H](C)N1CCN(c2ccccn2)CC1. The van der Waals surface area contributed by atoms with Gasteiger partial charge in [-0.05, 0) is 19.1 Å². The lowest BCUT2D eigenvalue weighted by molar-refractivity contribution is -0.124. The standard InChI is InChI=1S/C14H21N5O2/c1-11(13(20)17-14(21)15-2)18-7-9-19(10-8-18)12-5-3-4-6-16-12/h3-6,11H,7-10H2,1-2H3,(H2,15,17,20,21)/t11-/m1/s1. The highest BCUT2D eigenvalue weighted by molar-refractivity contribution is 5.96. The third-order valence-corrected chi connectivity index (χ3v) is 3.68. The Hall–Kier alpha value is -2.15. The molecule has 7 nitrogen and oxygen atoms in total. The minimum absolute atomic E-state index is 0.277. The molecule has 1 atom stereocenters. The second-order valence-electron chi connectivity index (χ2n) is 4.96. The van der Waals surface area contributed by atoms with Gasteiger partial charge in [-0.1, -0.05) is 6.07 Å². The van der Waals surface area contributed by atoms with Gasteiger partial charge in [0.1, 0.15) is 5.82 Å². The van der Waals surface area contributed by atoms with Crippen molar-refractivity contribution in [3.05, 3.63) is 24.4 Å². The van der Waals surface area contributed by atoms with E-state index in [1.165, 1.54) is 7.05 Å². The normalized spacial score (nSPS) is 17.1. The number of imide groups is 1. The first kappa shape index (κ1) is 15.2. The average molecular weight is 291 g/mol. The van der Waals surface area contributed by atoms with E-state index in [1.807, 2.05) is 25.1 Å². The van der Waals surface area contributed by atoms with Gasteiger partial charge in [-0.3, -0.25) is 15.0 Å². The molecule has 0 saturated carbocycles. The number of nitrogens with zero attached hydrogens (tertiary/aromatic N) is 3. The van der Waals surface area contributed by atoms with Crippen molar-refractivity contribution < 1.29 is 9.59 Å². The fourth-order valence-electron chi connectivity index (χ4n) is 2.32. The van der Waals surface area contributed by atoms with Gasteiger partial charge in [-0.25, -0.2) is 9.78 Å². The van der Waals surface area contributed by atoms with Gasteiger partial charge in [-0.2, -0.15) is 0 Å². The maximum atomic E-state index is 11.9. The number of urea groups is 1. The molecule has 0 unspecified atom stereocenters. The fraction of sp³-hybridized carbons (Fsp3) is 0.500. The molecule has 0 aliphatic carbocycles. The first-order chi connectivity index (χ1) is 10.1. The predicted molar refractivity (Wildman–Crippen MR) is 80.1 cm³/mol. The van der Waals surface area contributed by atoms with Crippen LogP contribution in [0, 0.1) is 0 Å². The first-order valence-corrected chi connectivity index (χ1v) is 7.04. The number of pyridine rings is 1. The lowest BCUT2D eigenvalue weighted by atomic mass is 10.2. The summed E-state index contributed by atoms with van der Waals surface area (Å²) in [4.78, 5) is 31.7. The van der Waals surface area contributed by atoms with Gasteiger partial charge in [0.05, 0.1) is 6.04 Å². The van der Waals surface area contributed by atoms with Gasteiger partial charge < -0.3 is 10.2 Å². The van der Waals surface area contributed by atoms with Crippen molar-refractivity contribution in [2.45, 2.75) is 13.0 Å². The first-order valence-electron chi connectivity index (χ1n) is 7.04. The zero-order valence-corrected chi connectivity index (χ0v) is 12.4. The molecule has 1 saturated heterocycles. The quantitative estimate of drug-likeness (QED) is 0.823. The Morgan fingerprint density at radius 2 is 1.95 bits per heavy atom. The number of nitrogens with one attached hydrogen (secondary N) is 2. The molecule has 7 heteroatoms. The van der Waals surface area contributed by atoms with Crippen LogP contribution in [0.25, 0.3) is 0 Å². The zero-order chi connectivity index (χ0) is 15.2. The van der Waals surface area contributed by atoms with Crippen LogP contribution in [0.2, 0.25) is 0 Å². The van der Waals surface area contributed by atoms with E-state index in [9.17, 15) is 9.59 Å². The van der Waals surface area contributed by atoms with Crippen LogP contribution in [0.4, 0.5) is 10.6 Å². The maximum Gasteiger partial charge on any atom is 0.321 e. The molecule has 1 aliphatic heterocycles. The third kappa shape index (κ3) is 3.91. The highest BCUT2D eigenvalue weighted by Crippen LogP contribution is 2.13. The van der Waals surface area contributed by atoms with Gasteiger partial charge in [0.2, 0.25) is 5.91 Å². The monoisotopic (exact) mass is 291 g/mol. The summed E-state index contributed by atoms with van der Waals surface area (Å²) < 4.78 is 0. The Bertz CT molecular complexity index is 485. The summed E-state index contributed by atoms with van der Waals surface area (Å²) in [6, 6.07) is 5.04. The molecule has 1 aromatic rings. The highest BCUT2D eigenvalue weighted by Gasteiger charge is 2.26. The van der Waals surface area contributed by atoms with E-state index < -0.39 is 6.03 Å². The Morgan fingerprint density at radius 3 is 2.52 bits per heavy atom. The second kappa shape index (κ2) is 7.03. The minimum Gasteiger partial charge on any atom is -0.354 e. The number of amides is 3. The smallest absolute Gasteiger partial charge is 0.321 e. The van der Waals surface area contributed by atoms with Crippen LogP contribution in [0.1, 0.15) is 6.92 Å². The second-order valence-corrected chi connectivity index (χ2v) is 4.96. The molecular weight excluding hydrogens is 270 g/mol. The van der Waals surface area contributed by atoms with Crippen molar-refractivity contribution in [1.29, 1.82) is 0 Å². The van der Waals surface area contributed by atoms with E-state index in [1.54, 1.807) is 6.20 Å². The summed E-state index contributed by atoms with van der Waals surface area (Å²) in [7, 11) is 1.49. The Balaban J connectivity index is 1.86. The summed E-state index contributed by atoms with van der Waals surface area (Å²) in [6.45, 7) is 4.97. The van der Waals surface area contributed by atoms with Crippen LogP contribution >= 0.6 is 0 Å². The Labute approximate surface area is 124 Å². The van der Waals surface area contributed by atoms with Crippen LogP contribution < -0.4 is 15.5 Å². The van der Waals surface area contributed by atoms with Gasteiger partial charge in [-0.15, -0.1) is 0 Å². The Morgan fingerprint density at radius 1 is 1.24 bits per heavy atom. The molecule has 1 aliphatic rings. The van der Waals surface area contributed by atoms with Gasteiger partial charge >= 0.3 is 6.03 Å². The lowest BCUT2D eigenvalue weighted by Crippen LogP contribution is -2.55. The number of anilines is 1. The predicted octanol–water partition coefficient (Wildman–Crippen LogP) is 0.0477. The molecule has 114 valence electrons. The van der Waals surface area contributed by atoms with Gasteiger partial charge in [0, 0.05) is 39.4 Å². The summed E-state index contributed by atoms with van der Waals surface area (Å²) >= 11 is 0. The van der Waals surface area contributed by atoms with Crippen molar-refractivity contribution in [3.8, 4) is 0 Å². The molecule has 1 aromatic heterocycles. The van der Waals surface area contributed by atoms with E-state index in [0.717, 1.165) is 32.0 Å². The van der Waals surface area contributed by atoms with Gasteiger partial charge in [0.25, 0.3) is 0 Å². The maximum absolute atomic E-state index is 11.9. The van der Waals surface area contributed by atoms with Gasteiger partial charge in [0.15, 0.2) is 0 Å². The number of hydrogen-bond donors (Lipinski definition) is 2. The number of carbonyl (C=O) groups is 2. The summed E-state index contributed by atoms with van der Waals surface area (Å²) in [5, 5.41) is 4.69. The molecule has 2 rings (SSSR count). The number of hydrogen-bond acceptors (Lipinski definition) is 5. The molecule has 0 bridgehead atoms. The number of aromatic nitrogens is 1. The molecule has 1 fully saturated rings. The van der Waals surface area contributed by atoms with E-state index in [-0.39, 0.29) is 11.9 Å². The minimum atomic E-state index is -0.473. The molecule has 2 heterocycles. The number of piperazine rings is 1. The molecule has 0 spiro atoms. The Kier molecular flexibility index (Phi) is 5.10. The topological polar surface area (TPSA) is 77.6 Å². The van der Waals surface area contributed by atoms with Crippen LogP contribution in [-0.4, -0.2) is 61.1 Å². The van der Waals surface area contributed by atoms with E-state index >= 15 is 0 Å². The molecule has 2 N–H and O–H groups in total. The van der Waals surface area contributed by atoms with E-state index in [0.29, 0.717) is 0 Å². The molecule has 0 radical (unpaired) electrons. The molecular formula is C14H21N5O2. The van der Waals surface area contributed by atoms with Crippen LogP contribution in [-0.2, 0) is 4.79 Å². The summed E-state index contributed by atoms with van der Waals surface area (Å²) in [5.74, 6) is 0.681. The largest absolute Gasteiger partial charge is 0.354 e. The van der Waals surface area contributed by atoms with E-state index in [4.69, 9.17) is 0 Å². The zero-order valence-electron chi connectivity index (χ0n) is 12.4. The molecule has 3 amide bonds. The van der Waals surface area contributed by atoms with E-state index in [2.05, 4.69) is 25.4 Å². The van der Waals surface area contributed by atoms with Crippen LogP contribution in [0.15, 0.2) is 24.4 Å². The van der Waals surface area contributed by atoms with Crippen molar-refractivity contribution in [1.82, 2.24) is 20.5 Å². The van der Waals surface area contributed by atoms with Crippen molar-refractivity contribution in [2.75, 3.05) is 38.1 Å². The van der Waals surface area contributed by atoms with Crippen molar-refractivity contribution in [3.63, 3.8) is 0 Å².